The molecular weight excluding hydrogens is 430 g/mol. The van der Waals surface area contributed by atoms with Gasteiger partial charge in [-0.15, -0.1) is 0 Å². The molecule has 2 fully saturated rings. The lowest BCUT2D eigenvalue weighted by molar-refractivity contribution is -0.125. The van der Waals surface area contributed by atoms with Gasteiger partial charge in [0.05, 0.1) is 18.5 Å². The molecule has 3 heterocycles. The Kier molecular flexibility index (Phi) is 6.19. The van der Waals surface area contributed by atoms with Crippen LogP contribution >= 0.6 is 0 Å². The lowest BCUT2D eigenvalue weighted by atomic mass is 9.92. The number of methoxy groups -OCH3 is 1. The van der Waals surface area contributed by atoms with Gasteiger partial charge in [0.1, 0.15) is 23.6 Å². The summed E-state index contributed by atoms with van der Waals surface area (Å²) in [4.78, 5) is 25.7. The molecule has 9 nitrogen and oxygen atoms in total. The molecule has 2 aliphatic rings. The summed E-state index contributed by atoms with van der Waals surface area (Å²) in [5.74, 6) is 1.17. The van der Waals surface area contributed by atoms with E-state index in [9.17, 15) is 4.79 Å². The Morgan fingerprint density at radius 3 is 2.91 bits per heavy atom. The van der Waals surface area contributed by atoms with Gasteiger partial charge < -0.3 is 15.4 Å². The molecule has 1 unspecified atom stereocenters. The highest BCUT2D eigenvalue weighted by molar-refractivity contribution is 5.98. The van der Waals surface area contributed by atoms with Gasteiger partial charge >= 0.3 is 0 Å². The minimum atomic E-state index is 0.0196. The fourth-order valence-corrected chi connectivity index (χ4v) is 4.77. The second-order valence-corrected chi connectivity index (χ2v) is 9.14. The van der Waals surface area contributed by atoms with Crippen molar-refractivity contribution in [2.24, 2.45) is 0 Å². The Morgan fingerprint density at radius 2 is 2.15 bits per heavy atom. The van der Waals surface area contributed by atoms with E-state index in [1.807, 2.05) is 39.9 Å². The van der Waals surface area contributed by atoms with Crippen LogP contribution in [0.5, 0.6) is 5.75 Å². The number of carbonyl (C=O) groups excluding carboxylic acids is 1. The quantitative estimate of drug-likeness (QED) is 0.540. The van der Waals surface area contributed by atoms with E-state index < -0.39 is 0 Å². The molecule has 5 rings (SSSR count). The lowest BCUT2D eigenvalue weighted by Crippen LogP contribution is -2.37. The van der Waals surface area contributed by atoms with E-state index in [0.29, 0.717) is 30.6 Å². The summed E-state index contributed by atoms with van der Waals surface area (Å²) in [6, 6.07) is 8.39. The zero-order valence-corrected chi connectivity index (χ0v) is 19.7. The van der Waals surface area contributed by atoms with E-state index in [1.165, 1.54) is 25.6 Å². The first kappa shape index (κ1) is 22.3. The van der Waals surface area contributed by atoms with Crippen LogP contribution in [0.15, 0.2) is 42.7 Å². The van der Waals surface area contributed by atoms with Gasteiger partial charge in [0.2, 0.25) is 5.91 Å². The number of ether oxygens (including phenoxy) is 1. The van der Waals surface area contributed by atoms with Crippen LogP contribution in [0.25, 0.3) is 22.3 Å². The van der Waals surface area contributed by atoms with Crippen molar-refractivity contribution in [2.75, 3.05) is 39.5 Å². The van der Waals surface area contributed by atoms with Crippen LogP contribution in [-0.4, -0.2) is 75.3 Å². The van der Waals surface area contributed by atoms with Gasteiger partial charge in [-0.25, -0.2) is 14.6 Å². The van der Waals surface area contributed by atoms with E-state index in [1.54, 1.807) is 13.2 Å². The molecule has 0 bridgehead atoms. The van der Waals surface area contributed by atoms with E-state index in [-0.39, 0.29) is 11.9 Å². The Morgan fingerprint density at radius 1 is 1.29 bits per heavy atom. The van der Waals surface area contributed by atoms with Crippen LogP contribution in [-0.2, 0) is 4.79 Å². The topological polar surface area (TPSA) is 102 Å². The first-order valence-corrected chi connectivity index (χ1v) is 11.8. The van der Waals surface area contributed by atoms with Crippen molar-refractivity contribution >= 4 is 22.8 Å². The van der Waals surface area contributed by atoms with Gasteiger partial charge in [-0.05, 0) is 38.4 Å². The number of rotatable bonds is 7. The number of hydrogen-bond acceptors (Lipinski definition) is 7. The molecule has 178 valence electrons. The average molecular weight is 462 g/mol. The predicted molar refractivity (Wildman–Crippen MR) is 131 cm³/mol. The van der Waals surface area contributed by atoms with Crippen LogP contribution in [0.2, 0.25) is 0 Å². The molecule has 9 heteroatoms. The van der Waals surface area contributed by atoms with Crippen molar-refractivity contribution in [3.8, 4) is 17.0 Å². The number of anilines is 1. The SMILES string of the molecule is COc1cccc(-c2nn(C3CCN(C(=O)/C=C/CN(C)C4CCC4)C3)c3ncnc(N)c23)c1. The van der Waals surface area contributed by atoms with Crippen LogP contribution < -0.4 is 10.5 Å². The molecular formula is C25H31N7O2. The molecule has 1 atom stereocenters. The van der Waals surface area contributed by atoms with Crippen LogP contribution in [0, 0.1) is 0 Å². The molecule has 1 saturated carbocycles. The average Bonchev–Trinajstić information content (AvgIpc) is 3.44. The molecule has 1 amide bonds. The fraction of sp³-hybridized carbons (Fsp3) is 0.440. The van der Waals surface area contributed by atoms with Crippen molar-refractivity contribution < 1.29 is 9.53 Å². The summed E-state index contributed by atoms with van der Waals surface area (Å²) in [6.45, 7) is 2.07. The van der Waals surface area contributed by atoms with E-state index >= 15 is 0 Å². The fourth-order valence-electron chi connectivity index (χ4n) is 4.77. The largest absolute Gasteiger partial charge is 0.497 e. The number of hydrogen-bond donors (Lipinski definition) is 1. The maximum atomic E-state index is 12.8. The number of nitrogens with zero attached hydrogens (tertiary/aromatic N) is 6. The Bertz CT molecular complexity index is 1220. The normalized spacial score (nSPS) is 18.8. The summed E-state index contributed by atoms with van der Waals surface area (Å²) < 4.78 is 7.29. The van der Waals surface area contributed by atoms with E-state index in [4.69, 9.17) is 15.6 Å². The number of likely N-dealkylation sites (tertiary alicyclic amines) is 1. The maximum absolute atomic E-state index is 12.8. The van der Waals surface area contributed by atoms with E-state index in [2.05, 4.69) is 21.9 Å². The molecule has 0 radical (unpaired) electrons. The van der Waals surface area contributed by atoms with Crippen molar-refractivity contribution in [3.05, 3.63) is 42.7 Å². The van der Waals surface area contributed by atoms with Gasteiger partial charge in [-0.1, -0.05) is 24.6 Å². The number of benzene rings is 1. The van der Waals surface area contributed by atoms with Crippen molar-refractivity contribution in [2.45, 2.75) is 37.8 Å². The van der Waals surface area contributed by atoms with Gasteiger partial charge in [-0.3, -0.25) is 9.69 Å². The van der Waals surface area contributed by atoms with Crippen LogP contribution in [0.3, 0.4) is 0 Å². The summed E-state index contributed by atoms with van der Waals surface area (Å²) in [7, 11) is 3.76. The first-order chi connectivity index (χ1) is 16.5. The number of aromatic nitrogens is 4. The minimum Gasteiger partial charge on any atom is -0.497 e. The molecule has 0 spiro atoms. The molecule has 1 saturated heterocycles. The highest BCUT2D eigenvalue weighted by Crippen LogP contribution is 2.35. The third-order valence-corrected chi connectivity index (χ3v) is 7.03. The van der Waals surface area contributed by atoms with Crippen LogP contribution in [0.4, 0.5) is 5.82 Å². The van der Waals surface area contributed by atoms with Crippen molar-refractivity contribution in [1.29, 1.82) is 0 Å². The van der Waals surface area contributed by atoms with Gasteiger partial charge in [-0.2, -0.15) is 5.10 Å². The van der Waals surface area contributed by atoms with Gasteiger partial charge in [0.15, 0.2) is 5.65 Å². The minimum absolute atomic E-state index is 0.0196. The highest BCUT2D eigenvalue weighted by Gasteiger charge is 2.30. The Labute approximate surface area is 199 Å². The summed E-state index contributed by atoms with van der Waals surface area (Å²) in [5.41, 5.74) is 8.54. The Hall–Kier alpha value is -3.46. The van der Waals surface area contributed by atoms with Crippen LogP contribution in [0.1, 0.15) is 31.7 Å². The molecule has 2 N–H and O–H groups in total. The number of fused-ring (bicyclic) bond motifs is 1. The van der Waals surface area contributed by atoms with Crippen molar-refractivity contribution in [3.63, 3.8) is 0 Å². The third-order valence-electron chi connectivity index (χ3n) is 7.03. The third kappa shape index (κ3) is 4.23. The Balaban J connectivity index is 1.35. The summed E-state index contributed by atoms with van der Waals surface area (Å²) >= 11 is 0. The second kappa shape index (κ2) is 9.42. The molecule has 1 aliphatic heterocycles. The molecule has 2 aromatic heterocycles. The molecule has 3 aromatic rings. The molecule has 1 aromatic carbocycles. The monoisotopic (exact) mass is 461 g/mol. The number of amides is 1. The standard InChI is InChI=1S/C25H31N7O2/c1-30(18-7-4-8-18)12-5-10-21(33)31-13-11-19(15-31)32-25-22(24(26)27-16-28-25)23(29-32)17-6-3-9-20(14-17)34-2/h3,5-6,9-10,14,16,18-19H,4,7-8,11-13,15H2,1-2H3,(H2,26,27,28)/b10-5+. The number of nitrogen functional groups attached to an aromatic ring is 1. The number of carbonyl (C=O) groups is 1. The zero-order chi connectivity index (χ0) is 23.7. The smallest absolute Gasteiger partial charge is 0.246 e. The first-order valence-electron chi connectivity index (χ1n) is 11.8. The highest BCUT2D eigenvalue weighted by atomic mass is 16.5. The lowest BCUT2D eigenvalue weighted by Gasteiger charge is -2.33. The number of likely N-dealkylation sites (N-methyl/N-ethyl adjacent to an activating group) is 1. The van der Waals surface area contributed by atoms with Gasteiger partial charge in [0, 0.05) is 37.3 Å². The van der Waals surface area contributed by atoms with Gasteiger partial charge in [0.25, 0.3) is 0 Å². The molecule has 34 heavy (non-hydrogen) atoms. The molecule has 1 aliphatic carbocycles. The van der Waals surface area contributed by atoms with E-state index in [0.717, 1.165) is 35.4 Å². The second-order valence-electron chi connectivity index (χ2n) is 9.14. The predicted octanol–water partition coefficient (Wildman–Crippen LogP) is 2.90. The van der Waals surface area contributed by atoms with Crippen molar-refractivity contribution in [1.82, 2.24) is 29.5 Å². The zero-order valence-electron chi connectivity index (χ0n) is 19.7. The number of nitrogens with two attached hydrogens (primary N) is 1. The summed E-state index contributed by atoms with van der Waals surface area (Å²) in [6.07, 6.45) is 9.79. The summed E-state index contributed by atoms with van der Waals surface area (Å²) in [5, 5.41) is 5.63. The maximum Gasteiger partial charge on any atom is 0.246 e.